The number of anilines is 1. The molecule has 0 bridgehead atoms. The number of hydrogen-bond acceptors (Lipinski definition) is 5. The molecule has 0 aliphatic carbocycles. The van der Waals surface area contributed by atoms with Crippen molar-refractivity contribution in [2.24, 2.45) is 0 Å². The van der Waals surface area contributed by atoms with Crippen LogP contribution in [0, 0.1) is 3.95 Å². The molecule has 0 aliphatic rings. The standard InChI is InChI=1S/C22H18N4O2S2/c1-2-12-26-19-18(30-22(26)29)21(28)25(14-23-19)13-15-8-10-16(11-9-15)20(27)24-17-6-4-3-5-7-17/h2-11,14H,1,12-13H2,(H,24,27). The summed E-state index contributed by atoms with van der Waals surface area (Å²) in [6.07, 6.45) is 3.26. The maximum Gasteiger partial charge on any atom is 0.273 e. The van der Waals surface area contributed by atoms with Gasteiger partial charge in [-0.2, -0.15) is 0 Å². The summed E-state index contributed by atoms with van der Waals surface area (Å²) in [6, 6.07) is 16.4. The first-order chi connectivity index (χ1) is 14.6. The molecule has 4 rings (SSSR count). The molecule has 0 radical (unpaired) electrons. The molecular weight excluding hydrogens is 416 g/mol. The van der Waals surface area contributed by atoms with Crippen molar-refractivity contribution in [3.8, 4) is 0 Å². The lowest BCUT2D eigenvalue weighted by Crippen LogP contribution is -2.21. The Balaban J connectivity index is 1.55. The third-order valence-electron chi connectivity index (χ3n) is 4.56. The van der Waals surface area contributed by atoms with Crippen LogP contribution in [0.2, 0.25) is 0 Å². The number of nitrogens with one attached hydrogen (secondary N) is 1. The van der Waals surface area contributed by atoms with Gasteiger partial charge in [0.25, 0.3) is 11.5 Å². The zero-order valence-corrected chi connectivity index (χ0v) is 17.6. The monoisotopic (exact) mass is 434 g/mol. The highest BCUT2D eigenvalue weighted by Gasteiger charge is 2.12. The van der Waals surface area contributed by atoms with Crippen molar-refractivity contribution in [2.45, 2.75) is 13.1 Å². The molecule has 0 spiro atoms. The highest BCUT2D eigenvalue weighted by atomic mass is 32.1. The van der Waals surface area contributed by atoms with Crippen LogP contribution >= 0.6 is 23.6 Å². The molecule has 2 heterocycles. The molecule has 0 fully saturated rings. The number of carbonyl (C=O) groups is 1. The molecule has 30 heavy (non-hydrogen) atoms. The van der Waals surface area contributed by atoms with E-state index in [1.54, 1.807) is 27.3 Å². The van der Waals surface area contributed by atoms with Gasteiger partial charge in [-0.15, -0.1) is 6.58 Å². The second-order valence-electron chi connectivity index (χ2n) is 6.61. The van der Waals surface area contributed by atoms with Gasteiger partial charge in [0.05, 0.1) is 6.54 Å². The Morgan fingerprint density at radius 2 is 1.90 bits per heavy atom. The van der Waals surface area contributed by atoms with E-state index in [0.717, 1.165) is 11.3 Å². The van der Waals surface area contributed by atoms with Crippen molar-refractivity contribution in [3.63, 3.8) is 0 Å². The predicted molar refractivity (Wildman–Crippen MR) is 123 cm³/mol. The molecule has 0 unspecified atom stereocenters. The van der Waals surface area contributed by atoms with Crippen LogP contribution in [0.4, 0.5) is 5.69 Å². The Bertz CT molecular complexity index is 1340. The number of para-hydroxylation sites is 1. The molecule has 8 heteroatoms. The second kappa shape index (κ2) is 8.56. The van der Waals surface area contributed by atoms with E-state index in [-0.39, 0.29) is 11.5 Å². The molecule has 1 N–H and O–H groups in total. The lowest BCUT2D eigenvalue weighted by molar-refractivity contribution is 0.102. The highest BCUT2D eigenvalue weighted by Crippen LogP contribution is 2.18. The summed E-state index contributed by atoms with van der Waals surface area (Å²) in [7, 11) is 0. The number of allylic oxidation sites excluding steroid dienone is 1. The quantitative estimate of drug-likeness (QED) is 0.359. The van der Waals surface area contributed by atoms with E-state index in [0.29, 0.717) is 33.0 Å². The van der Waals surface area contributed by atoms with E-state index in [2.05, 4.69) is 16.9 Å². The second-order valence-corrected chi connectivity index (χ2v) is 8.26. The van der Waals surface area contributed by atoms with Crippen LogP contribution in [0.3, 0.4) is 0 Å². The summed E-state index contributed by atoms with van der Waals surface area (Å²) in [5.41, 5.74) is 2.62. The number of carbonyl (C=O) groups excluding carboxylic acids is 1. The van der Waals surface area contributed by atoms with Gasteiger partial charge < -0.3 is 9.88 Å². The number of nitrogens with zero attached hydrogens (tertiary/aromatic N) is 3. The fourth-order valence-corrected chi connectivity index (χ4v) is 4.37. The van der Waals surface area contributed by atoms with Crippen molar-refractivity contribution in [2.75, 3.05) is 5.32 Å². The first-order valence-electron chi connectivity index (χ1n) is 9.22. The van der Waals surface area contributed by atoms with Crippen LogP contribution in [0.25, 0.3) is 10.3 Å². The summed E-state index contributed by atoms with van der Waals surface area (Å²) < 4.78 is 4.48. The molecule has 1 amide bonds. The maximum absolute atomic E-state index is 12.9. The van der Waals surface area contributed by atoms with Crippen LogP contribution in [0.15, 0.2) is 78.4 Å². The van der Waals surface area contributed by atoms with Gasteiger partial charge in [0.1, 0.15) is 11.0 Å². The lowest BCUT2D eigenvalue weighted by Gasteiger charge is -2.08. The molecule has 0 atom stereocenters. The summed E-state index contributed by atoms with van der Waals surface area (Å²) in [5.74, 6) is -0.184. The van der Waals surface area contributed by atoms with Crippen LogP contribution in [-0.4, -0.2) is 20.0 Å². The molecule has 150 valence electrons. The third-order valence-corrected chi connectivity index (χ3v) is 5.98. The number of amides is 1. The number of thiazole rings is 1. The largest absolute Gasteiger partial charge is 0.322 e. The number of hydrogen-bond donors (Lipinski definition) is 1. The van der Waals surface area contributed by atoms with Gasteiger partial charge in [-0.3, -0.25) is 14.2 Å². The number of rotatable bonds is 6. The number of aromatic nitrogens is 3. The summed E-state index contributed by atoms with van der Waals surface area (Å²) in [5, 5.41) is 2.85. The number of fused-ring (bicyclic) bond motifs is 1. The Morgan fingerprint density at radius 1 is 1.17 bits per heavy atom. The van der Waals surface area contributed by atoms with E-state index in [1.165, 1.54) is 17.7 Å². The van der Waals surface area contributed by atoms with Crippen molar-refractivity contribution in [1.29, 1.82) is 0 Å². The van der Waals surface area contributed by atoms with E-state index in [1.807, 2.05) is 42.5 Å². The smallest absolute Gasteiger partial charge is 0.273 e. The molecule has 2 aromatic carbocycles. The molecular formula is C22H18N4O2S2. The highest BCUT2D eigenvalue weighted by molar-refractivity contribution is 7.73. The fourth-order valence-electron chi connectivity index (χ4n) is 3.06. The topological polar surface area (TPSA) is 68.9 Å². The SMILES string of the molecule is C=CCn1c(=S)sc2c(=O)n(Cc3ccc(C(=O)Nc4ccccc4)cc3)cnc21. The molecule has 2 aromatic heterocycles. The number of benzene rings is 2. The molecule has 0 saturated carbocycles. The zero-order valence-electron chi connectivity index (χ0n) is 15.9. The van der Waals surface area contributed by atoms with E-state index < -0.39 is 0 Å². The summed E-state index contributed by atoms with van der Waals surface area (Å²) >= 11 is 6.60. The van der Waals surface area contributed by atoms with Crippen molar-refractivity contribution in [1.82, 2.24) is 14.1 Å². The van der Waals surface area contributed by atoms with E-state index in [9.17, 15) is 9.59 Å². The van der Waals surface area contributed by atoms with Gasteiger partial charge in [-0.25, -0.2) is 4.98 Å². The van der Waals surface area contributed by atoms with Crippen LogP contribution in [0.5, 0.6) is 0 Å². The van der Waals surface area contributed by atoms with Gasteiger partial charge in [-0.05, 0) is 42.0 Å². The van der Waals surface area contributed by atoms with Gasteiger partial charge in [0, 0.05) is 17.8 Å². The van der Waals surface area contributed by atoms with E-state index in [4.69, 9.17) is 12.2 Å². The molecule has 0 aliphatic heterocycles. The van der Waals surface area contributed by atoms with Crippen molar-refractivity contribution < 1.29 is 4.79 Å². The summed E-state index contributed by atoms with van der Waals surface area (Å²) in [6.45, 7) is 4.59. The zero-order chi connectivity index (χ0) is 21.1. The van der Waals surface area contributed by atoms with E-state index >= 15 is 0 Å². The Labute approximate surface area is 181 Å². The minimum atomic E-state index is -0.184. The van der Waals surface area contributed by atoms with Gasteiger partial charge in [0.15, 0.2) is 9.60 Å². The molecule has 4 aromatic rings. The minimum absolute atomic E-state index is 0.134. The van der Waals surface area contributed by atoms with Crippen molar-refractivity contribution >= 4 is 45.5 Å². The third kappa shape index (κ3) is 4.00. The minimum Gasteiger partial charge on any atom is -0.322 e. The Morgan fingerprint density at radius 3 is 2.60 bits per heavy atom. The molecule has 0 saturated heterocycles. The predicted octanol–water partition coefficient (Wildman–Crippen LogP) is 4.48. The van der Waals surface area contributed by atoms with Crippen LogP contribution < -0.4 is 10.9 Å². The lowest BCUT2D eigenvalue weighted by atomic mass is 10.1. The molecule has 6 nitrogen and oxygen atoms in total. The van der Waals surface area contributed by atoms with Crippen molar-refractivity contribution in [3.05, 3.63) is 99.0 Å². The Kier molecular flexibility index (Phi) is 5.69. The average molecular weight is 435 g/mol. The van der Waals surface area contributed by atoms with Crippen LogP contribution in [0.1, 0.15) is 15.9 Å². The van der Waals surface area contributed by atoms with Gasteiger partial charge in [0.2, 0.25) is 0 Å². The normalized spacial score (nSPS) is 10.8. The maximum atomic E-state index is 12.9. The first-order valence-corrected chi connectivity index (χ1v) is 10.4. The summed E-state index contributed by atoms with van der Waals surface area (Å²) in [4.78, 5) is 29.7. The average Bonchev–Trinajstić information content (AvgIpc) is 3.08. The van der Waals surface area contributed by atoms with Gasteiger partial charge >= 0.3 is 0 Å². The first kappa shape index (κ1) is 19.9. The van der Waals surface area contributed by atoms with Gasteiger partial charge in [-0.1, -0.05) is 47.7 Å². The Hall–Kier alpha value is -3.36. The van der Waals surface area contributed by atoms with Crippen LogP contribution in [-0.2, 0) is 13.1 Å². The fraction of sp³-hybridized carbons (Fsp3) is 0.0909.